The van der Waals surface area contributed by atoms with Gasteiger partial charge in [-0.3, -0.25) is 4.90 Å². The lowest BCUT2D eigenvalue weighted by Gasteiger charge is -2.35. The third kappa shape index (κ3) is 6.87. The van der Waals surface area contributed by atoms with E-state index in [1.165, 1.54) is 0 Å². The molecular weight excluding hydrogens is 450 g/mol. The molecule has 2 unspecified atom stereocenters. The van der Waals surface area contributed by atoms with E-state index in [1.807, 2.05) is 72.8 Å². The molecule has 3 N–H and O–H groups in total. The quantitative estimate of drug-likeness (QED) is 0.231. The first kappa shape index (κ1) is 25.3. The van der Waals surface area contributed by atoms with E-state index < -0.39 is 12.3 Å². The van der Waals surface area contributed by atoms with Crippen molar-refractivity contribution in [2.45, 2.75) is 38.1 Å². The Kier molecular flexibility index (Phi) is 8.61. The summed E-state index contributed by atoms with van der Waals surface area (Å²) in [5.74, 6) is 1.17. The van der Waals surface area contributed by atoms with E-state index in [0.29, 0.717) is 18.8 Å². The Morgan fingerprint density at radius 3 is 1.69 bits per heavy atom. The first-order valence-corrected chi connectivity index (χ1v) is 12.2. The van der Waals surface area contributed by atoms with E-state index in [1.54, 1.807) is 31.2 Å². The molecule has 0 aliphatic rings. The van der Waals surface area contributed by atoms with E-state index in [-0.39, 0.29) is 17.4 Å². The number of nitrogens with zero attached hydrogens (tertiary/aromatic N) is 1. The molecule has 4 rings (SSSR count). The van der Waals surface area contributed by atoms with Gasteiger partial charge in [-0.25, -0.2) is 0 Å². The standard InChI is InChI=1S/C31H33NO4/c1-23(33)31(36-29-10-6-3-7-11-29)32(22-24-8-4-2-5-9-24)21-20-30(25-12-16-27(34)17-13-25)26-14-18-28(35)19-15-26/h2-19,23,30-31,33-35H,20-22H2,1H3. The summed E-state index contributed by atoms with van der Waals surface area (Å²) in [5, 5.41) is 30.4. The van der Waals surface area contributed by atoms with Crippen molar-refractivity contribution in [3.05, 3.63) is 126 Å². The number of hydrogen-bond donors (Lipinski definition) is 3. The fraction of sp³-hybridized carbons (Fsp3) is 0.226. The molecule has 36 heavy (non-hydrogen) atoms. The Morgan fingerprint density at radius 2 is 1.19 bits per heavy atom. The van der Waals surface area contributed by atoms with Crippen molar-refractivity contribution in [3.63, 3.8) is 0 Å². The summed E-state index contributed by atoms with van der Waals surface area (Å²) < 4.78 is 6.30. The Bertz CT molecular complexity index is 1130. The zero-order valence-electron chi connectivity index (χ0n) is 20.4. The highest BCUT2D eigenvalue weighted by molar-refractivity contribution is 5.37. The van der Waals surface area contributed by atoms with Gasteiger partial charge in [-0.2, -0.15) is 0 Å². The zero-order valence-corrected chi connectivity index (χ0v) is 20.4. The van der Waals surface area contributed by atoms with Gasteiger partial charge in [0.15, 0.2) is 6.23 Å². The minimum atomic E-state index is -0.727. The predicted octanol–water partition coefficient (Wildman–Crippen LogP) is 5.91. The van der Waals surface area contributed by atoms with Crippen LogP contribution in [0, 0.1) is 0 Å². The topological polar surface area (TPSA) is 73.2 Å². The lowest BCUT2D eigenvalue weighted by atomic mass is 9.88. The second-order valence-electron chi connectivity index (χ2n) is 9.04. The van der Waals surface area contributed by atoms with Gasteiger partial charge in [-0.05, 0) is 66.4 Å². The molecular formula is C31H33NO4. The molecule has 0 saturated carbocycles. The maximum atomic E-state index is 10.8. The molecule has 4 aromatic carbocycles. The number of aliphatic hydroxyl groups is 1. The summed E-state index contributed by atoms with van der Waals surface area (Å²) in [6.45, 7) is 3.01. The largest absolute Gasteiger partial charge is 0.508 e. The van der Waals surface area contributed by atoms with Gasteiger partial charge >= 0.3 is 0 Å². The van der Waals surface area contributed by atoms with Crippen molar-refractivity contribution in [3.8, 4) is 17.2 Å². The van der Waals surface area contributed by atoms with Gasteiger partial charge < -0.3 is 20.1 Å². The summed E-state index contributed by atoms with van der Waals surface area (Å²) in [5.41, 5.74) is 3.26. The number of benzene rings is 4. The second-order valence-corrected chi connectivity index (χ2v) is 9.04. The van der Waals surface area contributed by atoms with Gasteiger partial charge in [0.05, 0.1) is 0 Å². The molecule has 186 valence electrons. The molecule has 4 aromatic rings. The molecule has 0 radical (unpaired) electrons. The Balaban J connectivity index is 1.63. The highest BCUT2D eigenvalue weighted by Gasteiger charge is 2.27. The van der Waals surface area contributed by atoms with Crippen LogP contribution in [0.15, 0.2) is 109 Å². The molecule has 0 heterocycles. The zero-order chi connectivity index (χ0) is 25.3. The number of rotatable bonds is 11. The molecule has 0 aliphatic carbocycles. The third-order valence-corrected chi connectivity index (χ3v) is 6.30. The van der Waals surface area contributed by atoms with Crippen LogP contribution in [0.4, 0.5) is 0 Å². The highest BCUT2D eigenvalue weighted by Crippen LogP contribution is 2.31. The summed E-state index contributed by atoms with van der Waals surface area (Å²) in [6.07, 6.45) is -0.536. The van der Waals surface area contributed by atoms with Crippen LogP contribution in [0.1, 0.15) is 36.0 Å². The van der Waals surface area contributed by atoms with E-state index in [0.717, 1.165) is 23.1 Å². The predicted molar refractivity (Wildman–Crippen MR) is 142 cm³/mol. The molecule has 5 nitrogen and oxygen atoms in total. The molecule has 0 aromatic heterocycles. The van der Waals surface area contributed by atoms with Crippen molar-refractivity contribution in [1.29, 1.82) is 0 Å². The summed E-state index contributed by atoms with van der Waals surface area (Å²) >= 11 is 0. The van der Waals surface area contributed by atoms with Crippen molar-refractivity contribution in [2.24, 2.45) is 0 Å². The van der Waals surface area contributed by atoms with Gasteiger partial charge in [0.1, 0.15) is 23.4 Å². The second kappa shape index (κ2) is 12.2. The fourth-order valence-corrected chi connectivity index (χ4v) is 4.46. The van der Waals surface area contributed by atoms with Crippen LogP contribution in [-0.2, 0) is 6.54 Å². The molecule has 0 aliphatic heterocycles. The SMILES string of the molecule is CC(O)C(Oc1ccccc1)N(CCC(c1ccc(O)cc1)c1ccc(O)cc1)Cc1ccccc1. The van der Waals surface area contributed by atoms with E-state index in [2.05, 4.69) is 17.0 Å². The average molecular weight is 484 g/mol. The molecule has 2 atom stereocenters. The molecule has 0 saturated heterocycles. The number of aromatic hydroxyl groups is 2. The molecule has 0 fully saturated rings. The normalized spacial score (nSPS) is 13.0. The Labute approximate surface area is 212 Å². The van der Waals surface area contributed by atoms with Crippen LogP contribution in [0.25, 0.3) is 0 Å². The van der Waals surface area contributed by atoms with E-state index >= 15 is 0 Å². The van der Waals surface area contributed by atoms with Gasteiger partial charge in [0, 0.05) is 19.0 Å². The number of phenolic OH excluding ortho intramolecular Hbond substituents is 2. The Morgan fingerprint density at radius 1 is 0.694 bits per heavy atom. The summed E-state index contributed by atoms with van der Waals surface area (Å²) in [6, 6.07) is 34.2. The molecule has 5 heteroatoms. The van der Waals surface area contributed by atoms with Crippen LogP contribution in [-0.4, -0.2) is 39.1 Å². The maximum absolute atomic E-state index is 10.8. The van der Waals surface area contributed by atoms with E-state index in [4.69, 9.17) is 4.74 Å². The lowest BCUT2D eigenvalue weighted by molar-refractivity contribution is -0.0633. The number of hydrogen-bond acceptors (Lipinski definition) is 5. The van der Waals surface area contributed by atoms with Crippen LogP contribution >= 0.6 is 0 Å². The number of aliphatic hydroxyl groups excluding tert-OH is 1. The minimum Gasteiger partial charge on any atom is -0.508 e. The number of phenols is 2. The van der Waals surface area contributed by atoms with Crippen LogP contribution in [0.2, 0.25) is 0 Å². The van der Waals surface area contributed by atoms with Crippen molar-refractivity contribution < 1.29 is 20.1 Å². The lowest BCUT2D eigenvalue weighted by Crippen LogP contribution is -2.46. The molecule has 0 spiro atoms. The van der Waals surface area contributed by atoms with Gasteiger partial charge in [-0.1, -0.05) is 72.8 Å². The Hall–Kier alpha value is -3.80. The number of para-hydroxylation sites is 1. The van der Waals surface area contributed by atoms with Crippen LogP contribution in [0.3, 0.4) is 0 Å². The average Bonchev–Trinajstić information content (AvgIpc) is 2.90. The van der Waals surface area contributed by atoms with Crippen LogP contribution in [0.5, 0.6) is 17.2 Å². The summed E-state index contributed by atoms with van der Waals surface area (Å²) in [4.78, 5) is 2.17. The van der Waals surface area contributed by atoms with Gasteiger partial charge in [0.25, 0.3) is 0 Å². The van der Waals surface area contributed by atoms with Gasteiger partial charge in [0.2, 0.25) is 0 Å². The minimum absolute atomic E-state index is 0.0239. The van der Waals surface area contributed by atoms with E-state index in [9.17, 15) is 15.3 Å². The first-order chi connectivity index (χ1) is 17.5. The maximum Gasteiger partial charge on any atom is 0.178 e. The van der Waals surface area contributed by atoms with Gasteiger partial charge in [-0.15, -0.1) is 0 Å². The van der Waals surface area contributed by atoms with Crippen LogP contribution < -0.4 is 4.74 Å². The van der Waals surface area contributed by atoms with Crippen molar-refractivity contribution >= 4 is 0 Å². The number of ether oxygens (including phenoxy) is 1. The third-order valence-electron chi connectivity index (χ3n) is 6.30. The molecule has 0 bridgehead atoms. The highest BCUT2D eigenvalue weighted by atomic mass is 16.5. The monoisotopic (exact) mass is 483 g/mol. The fourth-order valence-electron chi connectivity index (χ4n) is 4.46. The molecule has 0 amide bonds. The smallest absolute Gasteiger partial charge is 0.178 e. The van der Waals surface area contributed by atoms with Crippen molar-refractivity contribution in [2.75, 3.05) is 6.54 Å². The summed E-state index contributed by atoms with van der Waals surface area (Å²) in [7, 11) is 0. The van der Waals surface area contributed by atoms with Crippen molar-refractivity contribution in [1.82, 2.24) is 4.90 Å². The first-order valence-electron chi connectivity index (χ1n) is 12.2.